The van der Waals surface area contributed by atoms with Crippen LogP contribution in [-0.2, 0) is 10.0 Å². The second-order valence-corrected chi connectivity index (χ2v) is 10.9. The van der Waals surface area contributed by atoms with Crippen LogP contribution in [0.3, 0.4) is 0 Å². The first kappa shape index (κ1) is 20.1. The molecule has 3 rings (SSSR count). The van der Waals surface area contributed by atoms with E-state index in [1.165, 1.54) is 39.8 Å². The van der Waals surface area contributed by atoms with Crippen molar-refractivity contribution in [1.82, 2.24) is 9.62 Å². The minimum absolute atomic E-state index is 0.00198. The number of methoxy groups -OCH3 is 1. The van der Waals surface area contributed by atoms with E-state index in [9.17, 15) is 13.2 Å². The molecule has 0 spiro atoms. The maximum absolute atomic E-state index is 12.9. The van der Waals surface area contributed by atoms with Gasteiger partial charge < -0.3 is 10.1 Å². The van der Waals surface area contributed by atoms with Gasteiger partial charge in [-0.15, -0.1) is 0 Å². The zero-order valence-electron chi connectivity index (χ0n) is 17.0. The second-order valence-electron chi connectivity index (χ2n) is 8.79. The predicted octanol–water partition coefficient (Wildman–Crippen LogP) is 2.89. The average Bonchev–Trinajstić information content (AvgIpc) is 2.94. The second kappa shape index (κ2) is 6.48. The summed E-state index contributed by atoms with van der Waals surface area (Å²) in [5.41, 5.74) is 0.600. The van der Waals surface area contributed by atoms with Gasteiger partial charge in [0.2, 0.25) is 10.0 Å². The summed E-state index contributed by atoms with van der Waals surface area (Å²) in [7, 11) is 0.621. The Kier molecular flexibility index (Phi) is 4.84. The largest absolute Gasteiger partial charge is 0.495 e. The van der Waals surface area contributed by atoms with Crippen LogP contribution in [0.25, 0.3) is 0 Å². The SMILES string of the molecule is COc1ccc(C(=O)N[C@@H]2C[C@H]3CC[C@]2(C)C3(C)C)cc1S(=O)(=O)N(C)C. The fourth-order valence-corrected chi connectivity index (χ4v) is 5.95. The van der Waals surface area contributed by atoms with Gasteiger partial charge >= 0.3 is 0 Å². The maximum Gasteiger partial charge on any atom is 0.251 e. The molecule has 2 aliphatic rings. The first-order valence-corrected chi connectivity index (χ1v) is 10.8. The molecule has 7 heteroatoms. The quantitative estimate of drug-likeness (QED) is 0.833. The third kappa shape index (κ3) is 2.95. The van der Waals surface area contributed by atoms with Crippen LogP contribution >= 0.6 is 0 Å². The van der Waals surface area contributed by atoms with E-state index < -0.39 is 10.0 Å². The molecule has 1 aromatic rings. The van der Waals surface area contributed by atoms with Crippen LogP contribution in [0.1, 0.15) is 50.4 Å². The number of nitrogens with one attached hydrogen (secondary N) is 1. The van der Waals surface area contributed by atoms with E-state index in [1.54, 1.807) is 6.07 Å². The van der Waals surface area contributed by atoms with E-state index in [0.717, 1.165) is 17.1 Å². The fourth-order valence-electron chi connectivity index (χ4n) is 4.88. The number of carbonyl (C=O) groups is 1. The third-order valence-corrected chi connectivity index (χ3v) is 9.12. The third-order valence-electron chi connectivity index (χ3n) is 7.28. The Morgan fingerprint density at radius 3 is 2.41 bits per heavy atom. The lowest BCUT2D eigenvalue weighted by molar-refractivity contribution is 0.0826. The van der Waals surface area contributed by atoms with E-state index in [2.05, 4.69) is 26.1 Å². The Labute approximate surface area is 162 Å². The van der Waals surface area contributed by atoms with E-state index in [1.807, 2.05) is 0 Å². The lowest BCUT2D eigenvalue weighted by Crippen LogP contribution is -2.46. The normalized spacial score (nSPS) is 29.1. The Morgan fingerprint density at radius 1 is 1.26 bits per heavy atom. The highest BCUT2D eigenvalue weighted by Crippen LogP contribution is 2.65. The highest BCUT2D eigenvalue weighted by Gasteiger charge is 2.61. The monoisotopic (exact) mass is 394 g/mol. The van der Waals surface area contributed by atoms with Crippen molar-refractivity contribution in [2.45, 2.75) is 51.0 Å². The minimum atomic E-state index is -3.71. The number of sulfonamides is 1. The Hall–Kier alpha value is -1.60. The number of rotatable bonds is 5. The lowest BCUT2D eigenvalue weighted by atomic mass is 9.69. The van der Waals surface area contributed by atoms with Gasteiger partial charge in [-0.2, -0.15) is 0 Å². The molecule has 0 unspecified atom stereocenters. The molecule has 0 aliphatic heterocycles. The molecule has 2 aliphatic carbocycles. The van der Waals surface area contributed by atoms with Crippen molar-refractivity contribution < 1.29 is 17.9 Å². The number of carbonyl (C=O) groups excluding carboxylic acids is 1. The molecule has 1 N–H and O–H groups in total. The zero-order valence-corrected chi connectivity index (χ0v) is 17.8. The molecule has 1 amide bonds. The van der Waals surface area contributed by atoms with Crippen LogP contribution in [0.15, 0.2) is 23.1 Å². The van der Waals surface area contributed by atoms with Gasteiger partial charge in [0.1, 0.15) is 10.6 Å². The fraction of sp³-hybridized carbons (Fsp3) is 0.650. The van der Waals surface area contributed by atoms with Crippen LogP contribution in [0.2, 0.25) is 0 Å². The van der Waals surface area contributed by atoms with Gasteiger partial charge in [-0.1, -0.05) is 20.8 Å². The van der Waals surface area contributed by atoms with Gasteiger partial charge in [0.25, 0.3) is 5.91 Å². The molecule has 6 nitrogen and oxygen atoms in total. The van der Waals surface area contributed by atoms with Crippen LogP contribution < -0.4 is 10.1 Å². The molecule has 0 aromatic heterocycles. The molecule has 150 valence electrons. The maximum atomic E-state index is 12.9. The van der Waals surface area contributed by atoms with Crippen molar-refractivity contribution in [2.75, 3.05) is 21.2 Å². The summed E-state index contributed by atoms with van der Waals surface area (Å²) in [6.07, 6.45) is 3.30. The zero-order chi connectivity index (χ0) is 20.2. The molecule has 27 heavy (non-hydrogen) atoms. The molecule has 3 atom stereocenters. The predicted molar refractivity (Wildman–Crippen MR) is 104 cm³/mol. The smallest absolute Gasteiger partial charge is 0.251 e. The molecule has 2 saturated carbocycles. The van der Waals surface area contributed by atoms with Crippen molar-refractivity contribution in [3.05, 3.63) is 23.8 Å². The molecule has 2 bridgehead atoms. The number of nitrogens with zero attached hydrogens (tertiary/aromatic N) is 1. The molecular formula is C20H30N2O4S. The van der Waals surface area contributed by atoms with Gasteiger partial charge in [-0.05, 0) is 54.2 Å². The van der Waals surface area contributed by atoms with E-state index in [4.69, 9.17) is 4.74 Å². The molecule has 0 saturated heterocycles. The molecule has 1 aromatic carbocycles. The van der Waals surface area contributed by atoms with E-state index >= 15 is 0 Å². The number of fused-ring (bicyclic) bond motifs is 2. The topological polar surface area (TPSA) is 75.7 Å². The van der Waals surface area contributed by atoms with Crippen LogP contribution in [0.4, 0.5) is 0 Å². The summed E-state index contributed by atoms with van der Waals surface area (Å²) in [6.45, 7) is 6.86. The van der Waals surface area contributed by atoms with Crippen molar-refractivity contribution in [2.24, 2.45) is 16.7 Å². The van der Waals surface area contributed by atoms with Gasteiger partial charge in [0.05, 0.1) is 7.11 Å². The standard InChI is InChI=1S/C20H30N2O4S/c1-19(2)14-9-10-20(19,3)17(12-14)21-18(23)13-7-8-15(26-6)16(11-13)27(24,25)22(4)5/h7-8,11,14,17H,9-10,12H2,1-6H3,(H,21,23)/t14-,17-,20+/m1/s1. The first-order valence-electron chi connectivity index (χ1n) is 9.36. The summed E-state index contributed by atoms with van der Waals surface area (Å²) in [6, 6.07) is 4.67. The number of ether oxygens (including phenoxy) is 1. The Bertz CT molecular complexity index is 863. The van der Waals surface area contributed by atoms with Crippen LogP contribution in [0.5, 0.6) is 5.75 Å². The van der Waals surface area contributed by atoms with Crippen molar-refractivity contribution in [1.29, 1.82) is 0 Å². The summed E-state index contributed by atoms with van der Waals surface area (Å²) in [5.74, 6) is 0.615. The van der Waals surface area contributed by atoms with Crippen LogP contribution in [-0.4, -0.2) is 45.9 Å². The number of benzene rings is 1. The van der Waals surface area contributed by atoms with E-state index in [0.29, 0.717) is 11.5 Å². The number of amides is 1. The van der Waals surface area contributed by atoms with Crippen molar-refractivity contribution in [3.8, 4) is 5.75 Å². The number of hydrogen-bond acceptors (Lipinski definition) is 4. The molecular weight excluding hydrogens is 364 g/mol. The van der Waals surface area contributed by atoms with Crippen molar-refractivity contribution >= 4 is 15.9 Å². The summed E-state index contributed by atoms with van der Waals surface area (Å²) in [5, 5.41) is 3.18. The van der Waals surface area contributed by atoms with Gasteiger partial charge in [-0.25, -0.2) is 12.7 Å². The van der Waals surface area contributed by atoms with E-state index in [-0.39, 0.29) is 33.4 Å². The summed E-state index contributed by atoms with van der Waals surface area (Å²) in [4.78, 5) is 12.9. The number of hydrogen-bond donors (Lipinski definition) is 1. The average molecular weight is 395 g/mol. The van der Waals surface area contributed by atoms with Gasteiger partial charge in [0, 0.05) is 25.7 Å². The van der Waals surface area contributed by atoms with Crippen LogP contribution in [0, 0.1) is 16.7 Å². The van der Waals surface area contributed by atoms with Crippen molar-refractivity contribution in [3.63, 3.8) is 0 Å². The molecule has 0 heterocycles. The Balaban J connectivity index is 1.89. The highest BCUT2D eigenvalue weighted by molar-refractivity contribution is 7.89. The minimum Gasteiger partial charge on any atom is -0.495 e. The Morgan fingerprint density at radius 2 is 1.93 bits per heavy atom. The molecule has 0 radical (unpaired) electrons. The lowest BCUT2D eigenvalue weighted by Gasteiger charge is -2.39. The summed E-state index contributed by atoms with van der Waals surface area (Å²) >= 11 is 0. The van der Waals surface area contributed by atoms with Gasteiger partial charge in [0.15, 0.2) is 0 Å². The highest BCUT2D eigenvalue weighted by atomic mass is 32.2. The summed E-state index contributed by atoms with van der Waals surface area (Å²) < 4.78 is 31.5. The molecule has 2 fully saturated rings. The first-order chi connectivity index (χ1) is 12.4. The van der Waals surface area contributed by atoms with Gasteiger partial charge in [-0.3, -0.25) is 4.79 Å².